The Kier molecular flexibility index (Phi) is 4.67. The van der Waals surface area contributed by atoms with Crippen LogP contribution in [0.3, 0.4) is 0 Å². The van der Waals surface area contributed by atoms with Gasteiger partial charge in [-0.2, -0.15) is 0 Å². The van der Waals surface area contributed by atoms with Crippen LogP contribution in [0.15, 0.2) is 24.3 Å². The van der Waals surface area contributed by atoms with Crippen LogP contribution in [0.4, 0.5) is 0 Å². The fraction of sp³-hybridized carbons (Fsp3) is 0.250. The second-order valence-electron chi connectivity index (χ2n) is 2.50. The maximum absolute atomic E-state index is 10.3. The minimum Gasteiger partial charge on any atom is -0.326 e. The summed E-state index contributed by atoms with van der Waals surface area (Å²) < 4.78 is 14.8. The monoisotopic (exact) mass is 264 g/mol. The van der Waals surface area contributed by atoms with Gasteiger partial charge in [0.2, 0.25) is 0 Å². The summed E-state index contributed by atoms with van der Waals surface area (Å²) in [5.74, 6) is 0. The highest BCUT2D eigenvalue weighted by Crippen LogP contribution is 2.18. The highest BCUT2D eigenvalue weighted by Gasteiger charge is 1.96. The van der Waals surface area contributed by atoms with Crippen molar-refractivity contribution >= 4 is 24.2 Å². The van der Waals surface area contributed by atoms with Crippen molar-refractivity contribution in [2.24, 2.45) is 0 Å². The van der Waals surface area contributed by atoms with Crippen LogP contribution < -0.4 is 0 Å². The molecule has 72 valence electrons. The summed E-state index contributed by atoms with van der Waals surface area (Å²) >= 11 is 3.33. The first-order valence-corrected chi connectivity index (χ1v) is 6.10. The third-order valence-corrected chi connectivity index (χ3v) is 2.58. The predicted octanol–water partition coefficient (Wildman–Crippen LogP) is 2.48. The molecule has 1 aromatic carbocycles. The lowest BCUT2D eigenvalue weighted by Gasteiger charge is -2.01. The summed E-state index contributed by atoms with van der Waals surface area (Å²) in [6.07, 6.45) is 0. The van der Waals surface area contributed by atoms with Crippen molar-refractivity contribution < 1.29 is 14.0 Å². The van der Waals surface area contributed by atoms with Gasteiger partial charge in [0.15, 0.2) is 0 Å². The molecule has 0 aliphatic rings. The molecule has 1 unspecified atom stereocenters. The molecule has 0 fully saturated rings. The second-order valence-corrected chi connectivity index (χ2v) is 3.89. The molecule has 1 N–H and O–H groups in total. The van der Waals surface area contributed by atoms with Crippen LogP contribution in [0.2, 0.25) is 0 Å². The van der Waals surface area contributed by atoms with Crippen LogP contribution in [0.25, 0.3) is 0 Å². The molecule has 13 heavy (non-hydrogen) atoms. The van der Waals surface area contributed by atoms with Crippen molar-refractivity contribution in [3.05, 3.63) is 35.4 Å². The molecule has 0 aromatic heterocycles. The largest absolute Gasteiger partial charge is 0.326 e. The molecule has 0 saturated carbocycles. The van der Waals surface area contributed by atoms with Crippen molar-refractivity contribution in [2.75, 3.05) is 0 Å². The molecule has 5 heteroatoms. The Labute approximate surface area is 85.8 Å². The summed E-state index contributed by atoms with van der Waals surface area (Å²) in [6, 6.07) is 7.65. The van der Waals surface area contributed by atoms with Gasteiger partial charge < -0.3 is 9.42 Å². The number of halogens is 1. The van der Waals surface area contributed by atoms with E-state index < -0.39 is 8.25 Å². The van der Waals surface area contributed by atoms with E-state index in [1.807, 2.05) is 24.3 Å². The molecule has 0 aliphatic heterocycles. The zero-order chi connectivity index (χ0) is 9.68. The van der Waals surface area contributed by atoms with E-state index in [0.29, 0.717) is 0 Å². The van der Waals surface area contributed by atoms with Crippen molar-refractivity contribution in [3.63, 3.8) is 0 Å². The van der Waals surface area contributed by atoms with E-state index in [4.69, 9.17) is 4.89 Å². The lowest BCUT2D eigenvalue weighted by Crippen LogP contribution is -1.86. The van der Waals surface area contributed by atoms with Crippen LogP contribution >= 0.6 is 24.2 Å². The van der Waals surface area contributed by atoms with Crippen LogP contribution in [0, 0.1) is 0 Å². The summed E-state index contributed by atoms with van der Waals surface area (Å²) in [4.78, 5) is 8.43. The molecule has 0 amide bonds. The Balaban J connectivity index is 2.54. The highest BCUT2D eigenvalue weighted by atomic mass is 79.9. The van der Waals surface area contributed by atoms with Gasteiger partial charge in [-0.3, -0.25) is 4.57 Å². The number of hydrogen-bond acceptors (Lipinski definition) is 2. The van der Waals surface area contributed by atoms with Gasteiger partial charge in [0.05, 0.1) is 6.61 Å². The zero-order valence-electron chi connectivity index (χ0n) is 6.87. The Hall–Kier alpha value is -0.150. The molecule has 1 aromatic rings. The average molecular weight is 265 g/mol. The second kappa shape index (κ2) is 5.55. The molecule has 3 nitrogen and oxygen atoms in total. The summed E-state index contributed by atoms with van der Waals surface area (Å²) in [6.45, 7) is 0.191. The third-order valence-electron chi connectivity index (χ3n) is 1.54. The standard InChI is InChI=1S/C8H10BrO3P/c9-5-7-1-3-8(4-2-7)6-12-13(10)11/h1-4,13H,5-6H2,(H,10,11). The Morgan fingerprint density at radius 3 is 2.31 bits per heavy atom. The van der Waals surface area contributed by atoms with Crippen molar-refractivity contribution in [1.29, 1.82) is 0 Å². The number of rotatable bonds is 4. The molecule has 0 bridgehead atoms. The highest BCUT2D eigenvalue weighted by molar-refractivity contribution is 9.08. The minimum atomic E-state index is -2.81. The first-order valence-electron chi connectivity index (χ1n) is 3.72. The Morgan fingerprint density at radius 1 is 1.31 bits per heavy atom. The van der Waals surface area contributed by atoms with Crippen molar-refractivity contribution in [1.82, 2.24) is 0 Å². The lowest BCUT2D eigenvalue weighted by molar-refractivity contribution is 0.272. The van der Waals surface area contributed by atoms with E-state index in [0.717, 1.165) is 10.9 Å². The fourth-order valence-corrected chi connectivity index (χ4v) is 1.53. The zero-order valence-corrected chi connectivity index (χ0v) is 9.45. The van der Waals surface area contributed by atoms with Gasteiger partial charge in [-0.25, -0.2) is 0 Å². The smallest absolute Gasteiger partial charge is 0.316 e. The van der Waals surface area contributed by atoms with Gasteiger partial charge in [0.1, 0.15) is 0 Å². The molecule has 0 saturated heterocycles. The van der Waals surface area contributed by atoms with Gasteiger partial charge in [-0.1, -0.05) is 40.2 Å². The van der Waals surface area contributed by atoms with Gasteiger partial charge in [0, 0.05) is 5.33 Å². The van der Waals surface area contributed by atoms with E-state index in [2.05, 4.69) is 20.5 Å². The molecule has 0 spiro atoms. The Morgan fingerprint density at radius 2 is 1.85 bits per heavy atom. The summed E-state index contributed by atoms with van der Waals surface area (Å²) in [5.41, 5.74) is 2.07. The van der Waals surface area contributed by atoms with Crippen LogP contribution in [-0.4, -0.2) is 4.89 Å². The molecular weight excluding hydrogens is 255 g/mol. The van der Waals surface area contributed by atoms with Crippen LogP contribution in [-0.2, 0) is 21.0 Å². The maximum Gasteiger partial charge on any atom is 0.316 e. The molecule has 0 heterocycles. The van der Waals surface area contributed by atoms with Crippen molar-refractivity contribution in [3.8, 4) is 0 Å². The van der Waals surface area contributed by atoms with E-state index in [9.17, 15) is 4.57 Å². The van der Waals surface area contributed by atoms with Crippen LogP contribution in [0.5, 0.6) is 0 Å². The van der Waals surface area contributed by atoms with Gasteiger partial charge in [-0.05, 0) is 11.1 Å². The number of benzene rings is 1. The molecular formula is C8H10BrO3P. The average Bonchev–Trinajstić information content (AvgIpc) is 2.15. The quantitative estimate of drug-likeness (QED) is 0.672. The van der Waals surface area contributed by atoms with Crippen molar-refractivity contribution in [2.45, 2.75) is 11.9 Å². The SMILES string of the molecule is O=[PH](O)OCc1ccc(CBr)cc1. The normalized spacial score (nSPS) is 12.8. The van der Waals surface area contributed by atoms with E-state index in [1.54, 1.807) is 0 Å². The Bertz CT molecular complexity index is 286. The maximum atomic E-state index is 10.3. The van der Waals surface area contributed by atoms with Crippen LogP contribution in [0.1, 0.15) is 11.1 Å². The molecule has 0 aliphatic carbocycles. The third kappa shape index (κ3) is 4.05. The van der Waals surface area contributed by atoms with Gasteiger partial charge in [0.25, 0.3) is 0 Å². The topological polar surface area (TPSA) is 46.5 Å². The minimum absolute atomic E-state index is 0.191. The van der Waals surface area contributed by atoms with E-state index in [-0.39, 0.29) is 6.61 Å². The molecule has 1 atom stereocenters. The predicted molar refractivity (Wildman–Crippen MR) is 55.1 cm³/mol. The fourth-order valence-electron chi connectivity index (χ4n) is 0.870. The summed E-state index contributed by atoms with van der Waals surface area (Å²) in [5, 5.41) is 0.810. The lowest BCUT2D eigenvalue weighted by atomic mass is 10.2. The van der Waals surface area contributed by atoms with Gasteiger partial charge >= 0.3 is 8.25 Å². The van der Waals surface area contributed by atoms with E-state index >= 15 is 0 Å². The number of alkyl halides is 1. The first kappa shape index (κ1) is 10.9. The molecule has 0 radical (unpaired) electrons. The van der Waals surface area contributed by atoms with E-state index in [1.165, 1.54) is 5.56 Å². The molecule has 1 rings (SSSR count). The van der Waals surface area contributed by atoms with Gasteiger partial charge in [-0.15, -0.1) is 0 Å². The summed E-state index contributed by atoms with van der Waals surface area (Å²) in [7, 11) is -2.81. The first-order chi connectivity index (χ1) is 6.22. The number of hydrogen-bond donors (Lipinski definition) is 1.